The van der Waals surface area contributed by atoms with Gasteiger partial charge in [-0.15, -0.1) is 0 Å². The van der Waals surface area contributed by atoms with Crippen LogP contribution in [0.1, 0.15) is 5.56 Å². The van der Waals surface area contributed by atoms with Gasteiger partial charge >= 0.3 is 0 Å². The smallest absolute Gasteiger partial charge is 0.290 e. The molecule has 1 heterocycles. The maximum Gasteiger partial charge on any atom is 0.290 e. The van der Waals surface area contributed by atoms with E-state index in [4.69, 9.17) is 0 Å². The minimum absolute atomic E-state index is 0.0794. The minimum atomic E-state index is -0.617. The third kappa shape index (κ3) is 2.33. The van der Waals surface area contributed by atoms with E-state index in [1.54, 1.807) is 0 Å². The van der Waals surface area contributed by atoms with Gasteiger partial charge in [-0.1, -0.05) is 0 Å². The molecule has 0 spiro atoms. The Hall–Kier alpha value is -2.35. The fraction of sp³-hybridized carbons (Fsp3) is 0. The molecule has 0 aromatic heterocycles. The number of thioether (sulfide) groups is 1. The first-order chi connectivity index (χ1) is 8.47. The fourth-order valence-corrected chi connectivity index (χ4v) is 2.01. The number of nitro groups is 1. The Kier molecular flexibility index (Phi) is 3.02. The number of phenols is 1. The Labute approximate surface area is 105 Å². The fourth-order valence-electron chi connectivity index (χ4n) is 1.33. The largest absolute Gasteiger partial charge is 0.507 e. The van der Waals surface area contributed by atoms with Crippen LogP contribution in [0.15, 0.2) is 23.1 Å². The average Bonchev–Trinajstić information content (AvgIpc) is 2.60. The molecular formula is C10H6N2O5S. The van der Waals surface area contributed by atoms with Crippen molar-refractivity contribution in [2.75, 3.05) is 0 Å². The summed E-state index contributed by atoms with van der Waals surface area (Å²) in [6.07, 6.45) is 1.23. The van der Waals surface area contributed by atoms with E-state index < -0.39 is 16.1 Å². The first kappa shape index (κ1) is 12.1. The SMILES string of the molecule is O=C1NC(=O)C(=Cc2cc([N+](=O)[O-])ccc2O)S1. The van der Waals surface area contributed by atoms with E-state index in [1.807, 2.05) is 5.32 Å². The van der Waals surface area contributed by atoms with Crippen LogP contribution < -0.4 is 5.32 Å². The number of rotatable bonds is 2. The normalized spacial score (nSPS) is 17.0. The number of hydrogen-bond donors (Lipinski definition) is 2. The minimum Gasteiger partial charge on any atom is -0.507 e. The standard InChI is InChI=1S/C10H6N2O5S/c13-7-2-1-6(12(16)17)3-5(7)4-8-9(14)11-10(15)18-8/h1-4,13H,(H,11,14,15). The lowest BCUT2D eigenvalue weighted by atomic mass is 10.1. The zero-order chi connectivity index (χ0) is 13.3. The van der Waals surface area contributed by atoms with Gasteiger partial charge in [-0.3, -0.25) is 25.0 Å². The van der Waals surface area contributed by atoms with Gasteiger partial charge in [-0.2, -0.15) is 0 Å². The van der Waals surface area contributed by atoms with Crippen molar-refractivity contribution in [2.45, 2.75) is 0 Å². The number of carbonyl (C=O) groups excluding carboxylic acids is 2. The number of phenolic OH excluding ortho intramolecular Hbond substituents is 1. The van der Waals surface area contributed by atoms with E-state index >= 15 is 0 Å². The Morgan fingerprint density at radius 2 is 2.11 bits per heavy atom. The number of carbonyl (C=O) groups is 2. The lowest BCUT2D eigenvalue weighted by Gasteiger charge is -1.99. The molecule has 0 saturated carbocycles. The Bertz CT molecular complexity index is 596. The highest BCUT2D eigenvalue weighted by Gasteiger charge is 2.25. The third-order valence-electron chi connectivity index (χ3n) is 2.15. The molecule has 7 nitrogen and oxygen atoms in total. The van der Waals surface area contributed by atoms with Crippen molar-refractivity contribution in [2.24, 2.45) is 0 Å². The van der Waals surface area contributed by atoms with Crippen molar-refractivity contribution in [1.82, 2.24) is 5.32 Å². The first-order valence-corrected chi connectivity index (χ1v) is 5.51. The number of amides is 2. The number of nitrogens with zero attached hydrogens (tertiary/aromatic N) is 1. The molecule has 0 aliphatic carbocycles. The van der Waals surface area contributed by atoms with Crippen LogP contribution in [0.2, 0.25) is 0 Å². The van der Waals surface area contributed by atoms with E-state index in [0.29, 0.717) is 11.8 Å². The predicted octanol–water partition coefficient (Wildman–Crippen LogP) is 1.62. The maximum absolute atomic E-state index is 11.3. The van der Waals surface area contributed by atoms with E-state index in [-0.39, 0.29) is 21.9 Å². The second kappa shape index (κ2) is 4.49. The van der Waals surface area contributed by atoms with E-state index in [0.717, 1.165) is 18.2 Å². The molecule has 92 valence electrons. The van der Waals surface area contributed by atoms with Gasteiger partial charge in [0.1, 0.15) is 5.75 Å². The Morgan fingerprint density at radius 3 is 2.67 bits per heavy atom. The highest BCUT2D eigenvalue weighted by Crippen LogP contribution is 2.30. The third-order valence-corrected chi connectivity index (χ3v) is 2.96. The Morgan fingerprint density at radius 1 is 1.39 bits per heavy atom. The van der Waals surface area contributed by atoms with Crippen molar-refractivity contribution >= 4 is 34.7 Å². The molecule has 2 N–H and O–H groups in total. The summed E-state index contributed by atoms with van der Waals surface area (Å²) in [7, 11) is 0. The summed E-state index contributed by atoms with van der Waals surface area (Å²) in [4.78, 5) is 32.3. The van der Waals surface area contributed by atoms with Crippen LogP contribution >= 0.6 is 11.8 Å². The summed E-state index contributed by atoms with van der Waals surface area (Å²) < 4.78 is 0. The van der Waals surface area contributed by atoms with E-state index in [2.05, 4.69) is 0 Å². The maximum atomic E-state index is 11.3. The Balaban J connectivity index is 2.42. The topological polar surface area (TPSA) is 110 Å². The lowest BCUT2D eigenvalue weighted by Crippen LogP contribution is -2.17. The molecule has 18 heavy (non-hydrogen) atoms. The molecule has 1 aromatic rings. The van der Waals surface area contributed by atoms with Gasteiger partial charge in [0.15, 0.2) is 0 Å². The summed E-state index contributed by atoms with van der Waals surface area (Å²) in [5.41, 5.74) is -0.106. The molecule has 0 atom stereocenters. The van der Waals surface area contributed by atoms with Gasteiger partial charge in [0.25, 0.3) is 16.8 Å². The lowest BCUT2D eigenvalue weighted by molar-refractivity contribution is -0.384. The second-order valence-electron chi connectivity index (χ2n) is 3.35. The molecule has 8 heteroatoms. The summed E-state index contributed by atoms with van der Waals surface area (Å²) >= 11 is 0.672. The molecule has 2 amide bonds. The number of imide groups is 1. The molecule has 0 radical (unpaired) electrons. The molecule has 1 aliphatic rings. The van der Waals surface area contributed by atoms with Gasteiger partial charge in [-0.25, -0.2) is 0 Å². The molecule has 0 bridgehead atoms. The van der Waals surface area contributed by atoms with Gasteiger partial charge in [-0.05, 0) is 23.9 Å². The zero-order valence-corrected chi connectivity index (χ0v) is 9.56. The van der Waals surface area contributed by atoms with Gasteiger partial charge in [0.05, 0.1) is 9.83 Å². The molecule has 1 fully saturated rings. The molecule has 1 saturated heterocycles. The van der Waals surface area contributed by atoms with Crippen LogP contribution in [0.25, 0.3) is 6.08 Å². The number of nitrogens with one attached hydrogen (secondary N) is 1. The van der Waals surface area contributed by atoms with Crippen molar-refractivity contribution < 1.29 is 19.6 Å². The summed E-state index contributed by atoms with van der Waals surface area (Å²) in [5.74, 6) is -0.795. The highest BCUT2D eigenvalue weighted by atomic mass is 32.2. The highest BCUT2D eigenvalue weighted by molar-refractivity contribution is 8.18. The van der Waals surface area contributed by atoms with E-state index in [9.17, 15) is 24.8 Å². The first-order valence-electron chi connectivity index (χ1n) is 4.69. The van der Waals surface area contributed by atoms with Gasteiger partial charge in [0, 0.05) is 17.7 Å². The molecule has 0 unspecified atom stereocenters. The molecule has 2 rings (SSSR count). The van der Waals surface area contributed by atoms with Gasteiger partial charge < -0.3 is 5.11 Å². The van der Waals surface area contributed by atoms with Crippen LogP contribution in [-0.4, -0.2) is 21.2 Å². The van der Waals surface area contributed by atoms with Gasteiger partial charge in [0.2, 0.25) is 0 Å². The van der Waals surface area contributed by atoms with Crippen LogP contribution in [0, 0.1) is 10.1 Å². The van der Waals surface area contributed by atoms with Crippen LogP contribution in [-0.2, 0) is 4.79 Å². The number of nitro benzene ring substituents is 1. The molecule has 1 aliphatic heterocycles. The molecule has 1 aromatic carbocycles. The van der Waals surface area contributed by atoms with Crippen molar-refractivity contribution in [3.05, 3.63) is 38.8 Å². The monoisotopic (exact) mass is 266 g/mol. The quantitative estimate of drug-likeness (QED) is 0.478. The number of hydrogen-bond acceptors (Lipinski definition) is 6. The number of aromatic hydroxyl groups is 1. The summed E-state index contributed by atoms with van der Waals surface area (Å²) in [6, 6.07) is 3.42. The van der Waals surface area contributed by atoms with Crippen molar-refractivity contribution in [3.8, 4) is 5.75 Å². The average molecular weight is 266 g/mol. The second-order valence-corrected chi connectivity index (χ2v) is 4.37. The van der Waals surface area contributed by atoms with Crippen LogP contribution in [0.3, 0.4) is 0 Å². The summed E-state index contributed by atoms with van der Waals surface area (Å²) in [6.45, 7) is 0. The van der Waals surface area contributed by atoms with Crippen LogP contribution in [0.5, 0.6) is 5.75 Å². The molecular weight excluding hydrogens is 260 g/mol. The van der Waals surface area contributed by atoms with Crippen molar-refractivity contribution in [3.63, 3.8) is 0 Å². The zero-order valence-electron chi connectivity index (χ0n) is 8.75. The van der Waals surface area contributed by atoms with E-state index in [1.165, 1.54) is 6.08 Å². The summed E-state index contributed by atoms with van der Waals surface area (Å²) in [5, 5.41) is 21.6. The predicted molar refractivity (Wildman–Crippen MR) is 63.9 cm³/mol. The number of non-ortho nitro benzene ring substituents is 1. The van der Waals surface area contributed by atoms with Crippen LogP contribution in [0.4, 0.5) is 10.5 Å². The number of benzene rings is 1. The van der Waals surface area contributed by atoms with Crippen molar-refractivity contribution in [1.29, 1.82) is 0 Å².